The molecule has 0 aliphatic heterocycles. The Morgan fingerprint density at radius 2 is 1.79 bits per heavy atom. The number of halogens is 1. The number of ketones is 1. The lowest BCUT2D eigenvalue weighted by Gasteiger charge is -2.09. The first-order chi connectivity index (χ1) is 11.5. The molecule has 0 aliphatic carbocycles. The number of pyridine rings is 1. The summed E-state index contributed by atoms with van der Waals surface area (Å²) in [5, 5.41) is 3.28. The molecule has 1 aromatic carbocycles. The third-order valence-electron chi connectivity index (χ3n) is 3.68. The molecule has 0 bridgehead atoms. The van der Waals surface area contributed by atoms with Crippen molar-refractivity contribution in [2.75, 3.05) is 0 Å². The van der Waals surface area contributed by atoms with E-state index in [2.05, 4.69) is 5.32 Å². The van der Waals surface area contributed by atoms with E-state index in [1.165, 1.54) is 0 Å². The first kappa shape index (κ1) is 16.3. The Hall–Kier alpha value is -2.59. The first-order valence-electron chi connectivity index (χ1n) is 7.68. The average Bonchev–Trinajstić information content (AvgIpc) is 2.93. The monoisotopic (exact) mass is 340 g/mol. The molecule has 5 heteroatoms. The Morgan fingerprint density at radius 3 is 2.46 bits per heavy atom. The maximum absolute atomic E-state index is 12.8. The number of nitrogens with zero attached hydrogens (tertiary/aromatic N) is 1. The topological polar surface area (TPSA) is 50.6 Å². The summed E-state index contributed by atoms with van der Waals surface area (Å²) in [7, 11) is 0. The Bertz CT molecular complexity index is 911. The van der Waals surface area contributed by atoms with Crippen LogP contribution in [0.4, 0.5) is 0 Å². The molecule has 0 saturated carbocycles. The number of aromatic nitrogens is 1. The third kappa shape index (κ3) is 3.05. The van der Waals surface area contributed by atoms with E-state index < -0.39 is 11.7 Å². The number of amides is 1. The average molecular weight is 341 g/mol. The Balaban J connectivity index is 2.17. The van der Waals surface area contributed by atoms with E-state index >= 15 is 0 Å². The molecule has 2 heterocycles. The van der Waals surface area contributed by atoms with Crippen LogP contribution in [0.25, 0.3) is 16.6 Å². The highest BCUT2D eigenvalue weighted by molar-refractivity contribution is 6.43. The zero-order valence-electron chi connectivity index (χ0n) is 13.4. The van der Waals surface area contributed by atoms with Crippen molar-refractivity contribution in [2.45, 2.75) is 19.9 Å². The fourth-order valence-electron chi connectivity index (χ4n) is 2.64. The molecular formula is C19H17ClN2O2. The maximum atomic E-state index is 12.8. The molecule has 0 radical (unpaired) electrons. The number of Topliss-reactive ketones (excluding diaryl/α,β-unsaturated/α-hetero) is 1. The number of carbonyl (C=O) groups excluding carboxylic acids is 2. The van der Waals surface area contributed by atoms with Gasteiger partial charge in [0.25, 0.3) is 11.7 Å². The SMILES string of the molecule is CC(C)NC(=O)C(=O)c1c(-c2ccc(Cl)cc2)cc2ccccn12. The van der Waals surface area contributed by atoms with Crippen molar-refractivity contribution in [3.8, 4) is 11.1 Å². The van der Waals surface area contributed by atoms with Gasteiger partial charge in [-0.1, -0.05) is 29.8 Å². The van der Waals surface area contributed by atoms with Crippen molar-refractivity contribution in [1.82, 2.24) is 9.72 Å². The van der Waals surface area contributed by atoms with Crippen molar-refractivity contribution in [3.05, 3.63) is 65.4 Å². The van der Waals surface area contributed by atoms with E-state index in [-0.39, 0.29) is 6.04 Å². The fourth-order valence-corrected chi connectivity index (χ4v) is 2.77. The van der Waals surface area contributed by atoms with E-state index in [0.717, 1.165) is 11.1 Å². The van der Waals surface area contributed by atoms with Crippen LogP contribution >= 0.6 is 11.6 Å². The van der Waals surface area contributed by atoms with Gasteiger partial charge in [0, 0.05) is 28.3 Å². The van der Waals surface area contributed by atoms with E-state index in [1.54, 1.807) is 22.7 Å². The highest BCUT2D eigenvalue weighted by Gasteiger charge is 2.24. The number of fused-ring (bicyclic) bond motifs is 1. The zero-order chi connectivity index (χ0) is 17.3. The van der Waals surface area contributed by atoms with E-state index in [9.17, 15) is 9.59 Å². The highest BCUT2D eigenvalue weighted by atomic mass is 35.5. The Kier molecular flexibility index (Phi) is 4.40. The van der Waals surface area contributed by atoms with Crippen molar-refractivity contribution in [3.63, 3.8) is 0 Å². The minimum absolute atomic E-state index is 0.105. The molecule has 0 fully saturated rings. The molecule has 0 spiro atoms. The van der Waals surface area contributed by atoms with E-state index in [1.807, 2.05) is 50.2 Å². The molecule has 0 unspecified atom stereocenters. The summed E-state index contributed by atoms with van der Waals surface area (Å²) in [5.74, 6) is -1.16. The molecule has 4 nitrogen and oxygen atoms in total. The van der Waals surface area contributed by atoms with Crippen molar-refractivity contribution in [2.24, 2.45) is 0 Å². The number of benzene rings is 1. The lowest BCUT2D eigenvalue weighted by molar-refractivity contribution is -0.117. The number of hydrogen-bond acceptors (Lipinski definition) is 2. The number of carbonyl (C=O) groups is 2. The molecule has 0 saturated heterocycles. The van der Waals surface area contributed by atoms with Gasteiger partial charge in [-0.15, -0.1) is 0 Å². The van der Waals surface area contributed by atoms with Gasteiger partial charge in [-0.2, -0.15) is 0 Å². The van der Waals surface area contributed by atoms with Gasteiger partial charge in [-0.3, -0.25) is 9.59 Å². The van der Waals surface area contributed by atoms with E-state index in [4.69, 9.17) is 11.6 Å². The minimum atomic E-state index is -0.607. The van der Waals surface area contributed by atoms with Crippen molar-refractivity contribution < 1.29 is 9.59 Å². The van der Waals surface area contributed by atoms with Crippen LogP contribution in [0, 0.1) is 0 Å². The van der Waals surface area contributed by atoms with Crippen LogP contribution in [-0.4, -0.2) is 22.1 Å². The summed E-state index contributed by atoms with van der Waals surface area (Å²) >= 11 is 5.95. The lowest BCUT2D eigenvalue weighted by atomic mass is 10.0. The van der Waals surface area contributed by atoms with Gasteiger partial charge in [0.1, 0.15) is 5.69 Å². The van der Waals surface area contributed by atoms with Crippen LogP contribution in [0.15, 0.2) is 54.7 Å². The van der Waals surface area contributed by atoms with Gasteiger partial charge in [0.05, 0.1) is 0 Å². The molecule has 3 rings (SSSR count). The molecule has 24 heavy (non-hydrogen) atoms. The van der Waals surface area contributed by atoms with E-state index in [0.29, 0.717) is 16.3 Å². The number of nitrogens with one attached hydrogen (secondary N) is 1. The maximum Gasteiger partial charge on any atom is 0.294 e. The molecule has 3 aromatic rings. The largest absolute Gasteiger partial charge is 0.347 e. The molecule has 122 valence electrons. The quantitative estimate of drug-likeness (QED) is 0.577. The summed E-state index contributed by atoms with van der Waals surface area (Å²) in [6.45, 7) is 3.64. The number of rotatable bonds is 4. The second-order valence-corrected chi connectivity index (χ2v) is 6.30. The van der Waals surface area contributed by atoms with Gasteiger partial charge < -0.3 is 9.72 Å². The van der Waals surface area contributed by atoms with Gasteiger partial charge in [0.15, 0.2) is 0 Å². The van der Waals surface area contributed by atoms with Crippen molar-refractivity contribution >= 4 is 28.8 Å². The third-order valence-corrected chi connectivity index (χ3v) is 3.93. The highest BCUT2D eigenvalue weighted by Crippen LogP contribution is 2.29. The molecule has 2 aromatic heterocycles. The zero-order valence-corrected chi connectivity index (χ0v) is 14.2. The van der Waals surface area contributed by atoms with Crippen LogP contribution in [0.5, 0.6) is 0 Å². The molecule has 1 amide bonds. The van der Waals surface area contributed by atoms with Crippen LogP contribution in [0.2, 0.25) is 5.02 Å². The molecular weight excluding hydrogens is 324 g/mol. The summed E-state index contributed by atoms with van der Waals surface area (Å²) < 4.78 is 1.74. The van der Waals surface area contributed by atoms with Gasteiger partial charge in [-0.25, -0.2) is 0 Å². The smallest absolute Gasteiger partial charge is 0.294 e. The first-order valence-corrected chi connectivity index (χ1v) is 8.06. The second-order valence-electron chi connectivity index (χ2n) is 5.87. The van der Waals surface area contributed by atoms with Crippen LogP contribution < -0.4 is 5.32 Å². The summed E-state index contributed by atoms with van der Waals surface area (Å²) in [4.78, 5) is 25.0. The number of hydrogen-bond donors (Lipinski definition) is 1. The van der Waals surface area contributed by atoms with Gasteiger partial charge in [0.2, 0.25) is 0 Å². The Labute approximate surface area is 145 Å². The molecule has 0 atom stereocenters. The van der Waals surface area contributed by atoms with Gasteiger partial charge >= 0.3 is 0 Å². The lowest BCUT2D eigenvalue weighted by Crippen LogP contribution is -2.36. The van der Waals surface area contributed by atoms with Crippen LogP contribution in [0.1, 0.15) is 24.3 Å². The second kappa shape index (κ2) is 6.49. The predicted octanol–water partition coefficient (Wildman–Crippen LogP) is 3.97. The summed E-state index contributed by atoms with van der Waals surface area (Å²) in [6, 6.07) is 14.6. The molecule has 0 aliphatic rings. The summed E-state index contributed by atoms with van der Waals surface area (Å²) in [6.07, 6.45) is 1.78. The fraction of sp³-hybridized carbons (Fsp3) is 0.158. The van der Waals surface area contributed by atoms with Crippen molar-refractivity contribution in [1.29, 1.82) is 0 Å². The van der Waals surface area contributed by atoms with Crippen LogP contribution in [0.3, 0.4) is 0 Å². The Morgan fingerprint density at radius 1 is 1.08 bits per heavy atom. The summed E-state index contributed by atoms with van der Waals surface area (Å²) in [5.41, 5.74) is 2.75. The minimum Gasteiger partial charge on any atom is -0.347 e. The predicted molar refractivity (Wildman–Crippen MR) is 95.5 cm³/mol. The van der Waals surface area contributed by atoms with Crippen LogP contribution in [-0.2, 0) is 4.79 Å². The normalized spacial score (nSPS) is 11.0. The molecule has 1 N–H and O–H groups in total. The standard InChI is InChI=1S/C19H17ClN2O2/c1-12(2)21-19(24)18(23)17-16(13-6-8-14(20)9-7-13)11-15-5-3-4-10-22(15)17/h3-12H,1-2H3,(H,21,24). The van der Waals surface area contributed by atoms with Gasteiger partial charge in [-0.05, 0) is 49.7 Å².